The lowest BCUT2D eigenvalue weighted by atomic mass is 9.99. The van der Waals surface area contributed by atoms with Crippen molar-refractivity contribution in [1.29, 1.82) is 0 Å². The largest absolute Gasteiger partial charge is 0.281 e. The first-order chi connectivity index (χ1) is 11.1. The molecule has 23 heavy (non-hydrogen) atoms. The van der Waals surface area contributed by atoms with Gasteiger partial charge in [0.05, 0.1) is 5.69 Å². The summed E-state index contributed by atoms with van der Waals surface area (Å²) in [5.41, 5.74) is 3.33. The summed E-state index contributed by atoms with van der Waals surface area (Å²) in [4.78, 5) is 8.71. The molecule has 0 amide bonds. The summed E-state index contributed by atoms with van der Waals surface area (Å²) in [5, 5.41) is 0. The van der Waals surface area contributed by atoms with E-state index in [4.69, 9.17) is 0 Å². The molecular formula is C19H20Br2N2. The van der Waals surface area contributed by atoms with Crippen LogP contribution in [0.15, 0.2) is 63.8 Å². The van der Waals surface area contributed by atoms with Crippen LogP contribution in [0.5, 0.6) is 0 Å². The predicted octanol–water partition coefficient (Wildman–Crippen LogP) is 5.90. The first-order valence-electron chi connectivity index (χ1n) is 7.55. The van der Waals surface area contributed by atoms with E-state index in [-0.39, 0.29) is 0 Å². The van der Waals surface area contributed by atoms with E-state index in [0.717, 1.165) is 38.8 Å². The van der Waals surface area contributed by atoms with Crippen molar-refractivity contribution in [3.8, 4) is 0 Å². The predicted molar refractivity (Wildman–Crippen MR) is 107 cm³/mol. The normalized spacial score (nSPS) is 18.9. The lowest BCUT2D eigenvalue weighted by molar-refractivity contribution is 0.826. The molecule has 1 aromatic heterocycles. The minimum absolute atomic E-state index is 0.463. The van der Waals surface area contributed by atoms with E-state index in [1.807, 2.05) is 13.1 Å². The maximum absolute atomic E-state index is 4.57. The van der Waals surface area contributed by atoms with Crippen LogP contribution in [-0.2, 0) is 6.42 Å². The zero-order valence-corrected chi connectivity index (χ0v) is 16.5. The Labute approximate surface area is 155 Å². The summed E-state index contributed by atoms with van der Waals surface area (Å²) in [6.07, 6.45) is 18.9. The fraction of sp³-hybridized carbons (Fsp3) is 0.263. The fourth-order valence-corrected chi connectivity index (χ4v) is 2.79. The van der Waals surface area contributed by atoms with E-state index in [0.29, 0.717) is 5.92 Å². The van der Waals surface area contributed by atoms with Crippen LogP contribution in [0.25, 0.3) is 6.08 Å². The van der Waals surface area contributed by atoms with Gasteiger partial charge in [-0.15, -0.1) is 0 Å². The Morgan fingerprint density at radius 3 is 2.96 bits per heavy atom. The Hall–Kier alpha value is -1.26. The average Bonchev–Trinajstić information content (AvgIpc) is 2.59. The molecule has 1 aromatic rings. The Kier molecular flexibility index (Phi) is 7.18. The van der Waals surface area contributed by atoms with E-state index in [9.17, 15) is 0 Å². The molecule has 0 N–H and O–H groups in total. The van der Waals surface area contributed by atoms with E-state index < -0.39 is 0 Å². The van der Waals surface area contributed by atoms with E-state index >= 15 is 0 Å². The number of hydrogen-bond donors (Lipinski definition) is 0. The molecule has 2 nitrogen and oxygen atoms in total. The van der Waals surface area contributed by atoms with Gasteiger partial charge in [0, 0.05) is 24.1 Å². The maximum Gasteiger partial charge on any atom is 0.102 e. The number of aromatic nitrogens is 1. The number of hydrogen-bond acceptors (Lipinski definition) is 2. The van der Waals surface area contributed by atoms with Crippen LogP contribution in [0.4, 0.5) is 0 Å². The van der Waals surface area contributed by atoms with Gasteiger partial charge in [-0.1, -0.05) is 42.5 Å². The van der Waals surface area contributed by atoms with Crippen molar-refractivity contribution >= 4 is 42.6 Å². The standard InChI is InChI=1S/C19H20Br2N2/c1-14(19(21)22-2)8-11-18-16(12-17(20)13-23-18)10-9-15-6-4-3-5-7-15/h3-6,8-10,12-13,15H,7,11H2,1-2H3/b10-9+,14-8-,22-19?. The smallest absolute Gasteiger partial charge is 0.102 e. The minimum Gasteiger partial charge on any atom is -0.281 e. The molecule has 2 rings (SSSR count). The summed E-state index contributed by atoms with van der Waals surface area (Å²) >= 11 is 6.97. The first-order valence-corrected chi connectivity index (χ1v) is 9.14. The van der Waals surface area contributed by atoms with Gasteiger partial charge in [0.1, 0.15) is 4.62 Å². The van der Waals surface area contributed by atoms with Gasteiger partial charge in [-0.3, -0.25) is 9.98 Å². The third-order valence-corrected chi connectivity index (χ3v) is 5.04. The van der Waals surface area contributed by atoms with E-state index in [1.165, 1.54) is 0 Å². The van der Waals surface area contributed by atoms with Gasteiger partial charge in [-0.25, -0.2) is 0 Å². The second-order valence-electron chi connectivity index (χ2n) is 5.37. The summed E-state index contributed by atoms with van der Waals surface area (Å²) in [5.74, 6) is 0.463. The number of allylic oxidation sites excluding steroid dienone is 7. The summed E-state index contributed by atoms with van der Waals surface area (Å²) in [6.45, 7) is 2.05. The molecule has 120 valence electrons. The first kappa shape index (κ1) is 18.1. The van der Waals surface area contributed by atoms with Crippen LogP contribution in [-0.4, -0.2) is 16.7 Å². The van der Waals surface area contributed by atoms with Crippen LogP contribution in [0.1, 0.15) is 24.6 Å². The molecule has 0 aromatic carbocycles. The summed E-state index contributed by atoms with van der Waals surface area (Å²) in [7, 11) is 1.78. The number of aliphatic imine (C=N–C) groups is 1. The molecule has 1 heterocycles. The fourth-order valence-electron chi connectivity index (χ4n) is 2.28. The van der Waals surface area contributed by atoms with Crippen molar-refractivity contribution in [2.45, 2.75) is 19.8 Å². The Morgan fingerprint density at radius 2 is 2.26 bits per heavy atom. The van der Waals surface area contributed by atoms with Crippen molar-refractivity contribution in [3.63, 3.8) is 0 Å². The molecule has 1 unspecified atom stereocenters. The van der Waals surface area contributed by atoms with Crippen LogP contribution >= 0.6 is 31.9 Å². The van der Waals surface area contributed by atoms with Crippen molar-refractivity contribution in [1.82, 2.24) is 4.98 Å². The molecule has 0 radical (unpaired) electrons. The number of pyridine rings is 1. The topological polar surface area (TPSA) is 25.2 Å². The van der Waals surface area contributed by atoms with Crippen LogP contribution in [0, 0.1) is 5.92 Å². The van der Waals surface area contributed by atoms with Gasteiger partial charge in [-0.2, -0.15) is 0 Å². The Balaban J connectivity index is 2.18. The zero-order chi connectivity index (χ0) is 16.7. The molecule has 0 aliphatic heterocycles. The summed E-state index contributed by atoms with van der Waals surface area (Å²) in [6, 6.07) is 2.12. The molecule has 0 saturated heterocycles. The second kappa shape index (κ2) is 9.14. The molecule has 0 fully saturated rings. The second-order valence-corrected chi connectivity index (χ2v) is 7.03. The van der Waals surface area contributed by atoms with Gasteiger partial charge in [0.25, 0.3) is 0 Å². The van der Waals surface area contributed by atoms with Crippen molar-refractivity contribution in [3.05, 3.63) is 70.0 Å². The van der Waals surface area contributed by atoms with Gasteiger partial charge in [0.2, 0.25) is 0 Å². The molecule has 0 saturated carbocycles. The molecule has 0 spiro atoms. The quantitative estimate of drug-likeness (QED) is 0.528. The molecule has 4 heteroatoms. The number of nitrogens with zero attached hydrogens (tertiary/aromatic N) is 2. The lowest BCUT2D eigenvalue weighted by Gasteiger charge is -2.08. The van der Waals surface area contributed by atoms with Crippen molar-refractivity contribution in [2.75, 3.05) is 7.05 Å². The van der Waals surface area contributed by atoms with Gasteiger partial charge in [0.15, 0.2) is 0 Å². The van der Waals surface area contributed by atoms with Gasteiger partial charge >= 0.3 is 0 Å². The average molecular weight is 436 g/mol. The highest BCUT2D eigenvalue weighted by Crippen LogP contribution is 2.20. The molecule has 1 aliphatic carbocycles. The summed E-state index contributed by atoms with van der Waals surface area (Å²) < 4.78 is 1.88. The molecule has 1 aliphatic rings. The van der Waals surface area contributed by atoms with Crippen molar-refractivity contribution in [2.24, 2.45) is 10.9 Å². The highest BCUT2D eigenvalue weighted by molar-refractivity contribution is 9.18. The SMILES string of the molecule is CN=C(Br)/C(C)=C\Cc1ncc(Br)cc1/C=C/C1C=CC=CC1. The third-order valence-electron chi connectivity index (χ3n) is 3.63. The molecule has 0 bridgehead atoms. The van der Waals surface area contributed by atoms with Gasteiger partial charge in [-0.05, 0) is 68.3 Å². The zero-order valence-electron chi connectivity index (χ0n) is 13.3. The van der Waals surface area contributed by atoms with Crippen LogP contribution in [0.2, 0.25) is 0 Å². The third kappa shape index (κ3) is 5.70. The monoisotopic (exact) mass is 434 g/mol. The maximum atomic E-state index is 4.57. The minimum atomic E-state index is 0.463. The lowest BCUT2D eigenvalue weighted by Crippen LogP contribution is -1.97. The Morgan fingerprint density at radius 1 is 1.43 bits per heavy atom. The molecular weight excluding hydrogens is 416 g/mol. The Bertz CT molecular complexity index is 697. The van der Waals surface area contributed by atoms with Gasteiger partial charge < -0.3 is 0 Å². The highest BCUT2D eigenvalue weighted by Gasteiger charge is 2.05. The van der Waals surface area contributed by atoms with Crippen molar-refractivity contribution < 1.29 is 0 Å². The highest BCUT2D eigenvalue weighted by atomic mass is 79.9. The van der Waals surface area contributed by atoms with Crippen LogP contribution < -0.4 is 0 Å². The number of halogens is 2. The van der Waals surface area contributed by atoms with E-state index in [1.54, 1.807) is 7.05 Å². The van der Waals surface area contributed by atoms with Crippen LogP contribution in [0.3, 0.4) is 0 Å². The molecule has 1 atom stereocenters. The van der Waals surface area contributed by atoms with E-state index in [2.05, 4.69) is 90.4 Å². The number of rotatable bonds is 5.